The summed E-state index contributed by atoms with van der Waals surface area (Å²) in [5.41, 5.74) is 0. The molecule has 1 heterocycles. The Balaban J connectivity index is 2.50. The number of carbonyl (C=O) groups excluding carboxylic acids is 1. The summed E-state index contributed by atoms with van der Waals surface area (Å²) < 4.78 is 0. The van der Waals surface area contributed by atoms with Crippen molar-refractivity contribution in [1.29, 1.82) is 0 Å². The van der Waals surface area contributed by atoms with Crippen LogP contribution in [0.4, 0.5) is 0 Å². The van der Waals surface area contributed by atoms with E-state index in [1.54, 1.807) is 6.92 Å². The Bertz CT molecular complexity index is 133. The van der Waals surface area contributed by atoms with Gasteiger partial charge in [0.15, 0.2) is 0 Å². The summed E-state index contributed by atoms with van der Waals surface area (Å²) in [5.74, 6) is 0.891. The minimum Gasteiger partial charge on any atom is -0.307 e. The zero-order valence-corrected chi connectivity index (χ0v) is 6.68. The lowest BCUT2D eigenvalue weighted by Gasteiger charge is -2.13. The summed E-state index contributed by atoms with van der Waals surface area (Å²) in [5, 5.41) is 3.21. The summed E-state index contributed by atoms with van der Waals surface area (Å²) in [4.78, 5) is 11.0. The van der Waals surface area contributed by atoms with Crippen LogP contribution in [0.5, 0.6) is 0 Å². The fraction of sp³-hybridized carbons (Fsp3) is 0.875. The molecule has 58 valence electrons. The van der Waals surface area contributed by atoms with Crippen molar-refractivity contribution in [3.63, 3.8) is 0 Å². The highest BCUT2D eigenvalue weighted by atomic mass is 16.1. The SMILES string of the molecule is CC[C@@H]1CCN[C@@H]1C(C)=O. The molecule has 1 fully saturated rings. The number of nitrogens with one attached hydrogen (secondary N) is 1. The molecule has 2 nitrogen and oxygen atoms in total. The minimum atomic E-state index is 0.157. The summed E-state index contributed by atoms with van der Waals surface area (Å²) in [6.07, 6.45) is 2.29. The first-order valence-electron chi connectivity index (χ1n) is 3.99. The normalized spacial score (nSPS) is 32.6. The molecule has 10 heavy (non-hydrogen) atoms. The van der Waals surface area contributed by atoms with Gasteiger partial charge in [0.25, 0.3) is 0 Å². The van der Waals surface area contributed by atoms with E-state index >= 15 is 0 Å². The molecule has 0 spiro atoms. The first-order valence-corrected chi connectivity index (χ1v) is 3.99. The molecule has 0 bridgehead atoms. The van der Waals surface area contributed by atoms with E-state index in [4.69, 9.17) is 0 Å². The van der Waals surface area contributed by atoms with Crippen molar-refractivity contribution in [3.05, 3.63) is 0 Å². The quantitative estimate of drug-likeness (QED) is 0.620. The topological polar surface area (TPSA) is 29.1 Å². The van der Waals surface area contributed by atoms with E-state index in [-0.39, 0.29) is 6.04 Å². The predicted octanol–water partition coefficient (Wildman–Crippen LogP) is 0.964. The van der Waals surface area contributed by atoms with Gasteiger partial charge in [-0.2, -0.15) is 0 Å². The van der Waals surface area contributed by atoms with Gasteiger partial charge >= 0.3 is 0 Å². The van der Waals surface area contributed by atoms with E-state index < -0.39 is 0 Å². The van der Waals surface area contributed by atoms with Gasteiger partial charge in [-0.05, 0) is 25.8 Å². The van der Waals surface area contributed by atoms with Crippen LogP contribution in [0.15, 0.2) is 0 Å². The second-order valence-corrected chi connectivity index (χ2v) is 3.00. The molecule has 1 aliphatic rings. The monoisotopic (exact) mass is 141 g/mol. The van der Waals surface area contributed by atoms with Crippen LogP contribution >= 0.6 is 0 Å². The van der Waals surface area contributed by atoms with Crippen LogP contribution in [0.1, 0.15) is 26.7 Å². The summed E-state index contributed by atoms with van der Waals surface area (Å²) in [7, 11) is 0. The molecule has 1 saturated heterocycles. The third-order valence-electron chi connectivity index (χ3n) is 2.31. The predicted molar refractivity (Wildman–Crippen MR) is 40.9 cm³/mol. The van der Waals surface area contributed by atoms with E-state index in [1.807, 2.05) is 0 Å². The van der Waals surface area contributed by atoms with Gasteiger partial charge in [-0.25, -0.2) is 0 Å². The van der Waals surface area contributed by atoms with Gasteiger partial charge in [0.05, 0.1) is 6.04 Å². The Morgan fingerprint density at radius 2 is 2.40 bits per heavy atom. The van der Waals surface area contributed by atoms with Crippen molar-refractivity contribution in [2.24, 2.45) is 5.92 Å². The van der Waals surface area contributed by atoms with Gasteiger partial charge in [-0.3, -0.25) is 4.79 Å². The minimum absolute atomic E-state index is 0.157. The van der Waals surface area contributed by atoms with E-state index in [9.17, 15) is 4.79 Å². The number of hydrogen-bond acceptors (Lipinski definition) is 2. The highest BCUT2D eigenvalue weighted by Gasteiger charge is 2.28. The van der Waals surface area contributed by atoms with Crippen LogP contribution in [-0.4, -0.2) is 18.4 Å². The van der Waals surface area contributed by atoms with Crippen molar-refractivity contribution >= 4 is 5.78 Å². The van der Waals surface area contributed by atoms with Crippen LogP contribution in [0.3, 0.4) is 0 Å². The molecule has 1 rings (SSSR count). The van der Waals surface area contributed by atoms with Crippen LogP contribution in [-0.2, 0) is 4.79 Å². The first kappa shape index (κ1) is 7.73. The fourth-order valence-corrected chi connectivity index (χ4v) is 1.67. The first-order chi connectivity index (χ1) is 4.75. The Kier molecular flexibility index (Phi) is 2.44. The smallest absolute Gasteiger partial charge is 0.146 e. The molecular weight excluding hydrogens is 126 g/mol. The molecule has 1 N–H and O–H groups in total. The van der Waals surface area contributed by atoms with Crippen molar-refractivity contribution in [2.45, 2.75) is 32.7 Å². The fourth-order valence-electron chi connectivity index (χ4n) is 1.67. The Morgan fingerprint density at radius 1 is 1.70 bits per heavy atom. The number of hydrogen-bond donors (Lipinski definition) is 1. The molecule has 2 heteroatoms. The molecule has 0 radical (unpaired) electrons. The lowest BCUT2D eigenvalue weighted by atomic mass is 9.95. The average molecular weight is 141 g/mol. The van der Waals surface area contributed by atoms with Gasteiger partial charge in [-0.1, -0.05) is 13.3 Å². The van der Waals surface area contributed by atoms with E-state index in [0.717, 1.165) is 13.0 Å². The molecule has 0 aromatic rings. The summed E-state index contributed by atoms with van der Waals surface area (Å²) in [6, 6.07) is 0.157. The van der Waals surface area contributed by atoms with Crippen LogP contribution in [0.25, 0.3) is 0 Å². The highest BCUT2D eigenvalue weighted by molar-refractivity contribution is 5.82. The molecule has 1 aliphatic heterocycles. The third kappa shape index (κ3) is 1.37. The lowest BCUT2D eigenvalue weighted by Crippen LogP contribution is -2.33. The standard InChI is InChI=1S/C8H15NO/c1-3-7-4-5-9-8(7)6(2)10/h7-9H,3-5H2,1-2H3/t7-,8-/m1/s1. The Hall–Kier alpha value is -0.370. The Morgan fingerprint density at radius 3 is 2.80 bits per heavy atom. The molecule has 0 aromatic heterocycles. The number of Topliss-reactive ketones (excluding diaryl/α,β-unsaturated/α-hetero) is 1. The molecule has 0 aliphatic carbocycles. The summed E-state index contributed by atoms with van der Waals surface area (Å²) >= 11 is 0. The Labute approximate surface area is 62.0 Å². The van der Waals surface area contributed by atoms with E-state index in [2.05, 4.69) is 12.2 Å². The zero-order valence-electron chi connectivity index (χ0n) is 6.68. The second kappa shape index (κ2) is 3.15. The van der Waals surface area contributed by atoms with Gasteiger partial charge in [0, 0.05) is 0 Å². The van der Waals surface area contributed by atoms with Crippen LogP contribution in [0, 0.1) is 5.92 Å². The van der Waals surface area contributed by atoms with Gasteiger partial charge < -0.3 is 5.32 Å². The number of rotatable bonds is 2. The van der Waals surface area contributed by atoms with Crippen molar-refractivity contribution < 1.29 is 4.79 Å². The highest BCUT2D eigenvalue weighted by Crippen LogP contribution is 2.18. The molecule has 0 unspecified atom stereocenters. The maximum absolute atomic E-state index is 11.0. The van der Waals surface area contributed by atoms with Gasteiger partial charge in [0.2, 0.25) is 0 Å². The van der Waals surface area contributed by atoms with Gasteiger partial charge in [-0.15, -0.1) is 0 Å². The lowest BCUT2D eigenvalue weighted by molar-refractivity contribution is -0.119. The molecule has 0 amide bonds. The molecular formula is C8H15NO. The van der Waals surface area contributed by atoms with Crippen molar-refractivity contribution in [2.75, 3.05) is 6.54 Å². The average Bonchev–Trinajstić information content (AvgIpc) is 2.33. The van der Waals surface area contributed by atoms with E-state index in [0.29, 0.717) is 11.7 Å². The molecule has 0 saturated carbocycles. The summed E-state index contributed by atoms with van der Waals surface area (Å²) in [6.45, 7) is 4.84. The van der Waals surface area contributed by atoms with Gasteiger partial charge in [0.1, 0.15) is 5.78 Å². The van der Waals surface area contributed by atoms with Crippen LogP contribution in [0.2, 0.25) is 0 Å². The van der Waals surface area contributed by atoms with Crippen molar-refractivity contribution in [3.8, 4) is 0 Å². The maximum Gasteiger partial charge on any atom is 0.146 e. The van der Waals surface area contributed by atoms with E-state index in [1.165, 1.54) is 6.42 Å². The number of carbonyl (C=O) groups is 1. The second-order valence-electron chi connectivity index (χ2n) is 3.00. The maximum atomic E-state index is 11.0. The molecule has 0 aromatic carbocycles. The van der Waals surface area contributed by atoms with Crippen LogP contribution < -0.4 is 5.32 Å². The third-order valence-corrected chi connectivity index (χ3v) is 2.31. The zero-order chi connectivity index (χ0) is 7.56. The van der Waals surface area contributed by atoms with Crippen molar-refractivity contribution in [1.82, 2.24) is 5.32 Å². The largest absolute Gasteiger partial charge is 0.307 e. The number of ketones is 1. The molecule has 2 atom stereocenters.